The van der Waals surface area contributed by atoms with Gasteiger partial charge in [-0.1, -0.05) is 36.4 Å². The molecule has 1 atom stereocenters. The summed E-state index contributed by atoms with van der Waals surface area (Å²) in [5.41, 5.74) is 3.23. The van der Waals surface area contributed by atoms with Crippen molar-refractivity contribution in [3.63, 3.8) is 0 Å². The quantitative estimate of drug-likeness (QED) is 0.725. The van der Waals surface area contributed by atoms with Gasteiger partial charge < -0.3 is 4.18 Å². The van der Waals surface area contributed by atoms with Gasteiger partial charge >= 0.3 is 0 Å². The van der Waals surface area contributed by atoms with Gasteiger partial charge in [0.15, 0.2) is 9.99 Å². The van der Waals surface area contributed by atoms with Gasteiger partial charge in [-0.15, -0.1) is 0 Å². The van der Waals surface area contributed by atoms with Crippen LogP contribution in [-0.2, 0) is 16.5 Å². The highest BCUT2D eigenvalue weighted by molar-refractivity contribution is 7.94. The van der Waals surface area contributed by atoms with Gasteiger partial charge in [-0.3, -0.25) is 0 Å². The average molecular weight is 328 g/mol. The second kappa shape index (κ2) is 6.23. The first-order chi connectivity index (χ1) is 11.0. The van der Waals surface area contributed by atoms with E-state index in [2.05, 4.69) is 16.0 Å². The van der Waals surface area contributed by atoms with E-state index in [9.17, 15) is 4.21 Å². The number of rotatable bonds is 5. The molecule has 0 aliphatic rings. The van der Waals surface area contributed by atoms with E-state index in [1.54, 1.807) is 23.1 Å². The molecule has 118 valence electrons. The van der Waals surface area contributed by atoms with E-state index in [4.69, 9.17) is 9.32 Å². The lowest BCUT2D eigenvalue weighted by Gasteiger charge is -2.08. The van der Waals surface area contributed by atoms with Crippen LogP contribution in [0, 0.1) is 0 Å². The molecule has 3 rings (SSSR count). The Morgan fingerprint density at radius 3 is 2.22 bits per heavy atom. The van der Waals surface area contributed by atoms with E-state index < -0.39 is 9.99 Å². The molecule has 2 aromatic carbocycles. The SMILES string of the molecule is C=S(N)(=O)Oc1ccc(-c2ccc(Cn3cncn3)cc2)cc1. The molecule has 1 heterocycles. The second-order valence-electron chi connectivity index (χ2n) is 5.06. The highest BCUT2D eigenvalue weighted by atomic mass is 32.2. The summed E-state index contributed by atoms with van der Waals surface area (Å²) in [6.45, 7) is 0.682. The van der Waals surface area contributed by atoms with Gasteiger partial charge in [0.1, 0.15) is 18.4 Å². The lowest BCUT2D eigenvalue weighted by atomic mass is 10.0. The fraction of sp³-hybridized carbons (Fsp3) is 0.0625. The van der Waals surface area contributed by atoms with Crippen LogP contribution in [0.1, 0.15) is 5.56 Å². The molecule has 0 aliphatic carbocycles. The molecule has 0 bridgehead atoms. The molecule has 1 aromatic heterocycles. The summed E-state index contributed by atoms with van der Waals surface area (Å²) in [5.74, 6) is 3.69. The minimum Gasteiger partial charge on any atom is -0.398 e. The Hall–Kier alpha value is -2.64. The van der Waals surface area contributed by atoms with Gasteiger partial charge in [0.25, 0.3) is 0 Å². The molecule has 0 fully saturated rings. The van der Waals surface area contributed by atoms with Crippen molar-refractivity contribution in [2.24, 2.45) is 5.14 Å². The molecule has 23 heavy (non-hydrogen) atoms. The monoisotopic (exact) mass is 328 g/mol. The molecule has 0 amide bonds. The van der Waals surface area contributed by atoms with Crippen LogP contribution in [0.4, 0.5) is 0 Å². The Morgan fingerprint density at radius 1 is 1.09 bits per heavy atom. The van der Waals surface area contributed by atoms with Crippen LogP contribution in [0.15, 0.2) is 61.2 Å². The average Bonchev–Trinajstić information content (AvgIpc) is 3.00. The molecule has 0 aliphatic heterocycles. The van der Waals surface area contributed by atoms with Gasteiger partial charge in [-0.25, -0.2) is 19.0 Å². The van der Waals surface area contributed by atoms with Crippen LogP contribution in [0.2, 0.25) is 0 Å². The standard InChI is InChI=1S/C16H16N4O2S/c1-23(17,21)22-16-8-6-15(7-9-16)14-4-2-13(3-5-14)10-20-12-18-11-19-20/h2-9,11-12H,1,10H2,(H2,17,21). The van der Waals surface area contributed by atoms with E-state index in [0.29, 0.717) is 12.3 Å². The third kappa shape index (κ3) is 4.18. The number of aromatic nitrogens is 3. The first-order valence-corrected chi connectivity index (χ1v) is 8.57. The van der Waals surface area contributed by atoms with Crippen LogP contribution in [0.25, 0.3) is 11.1 Å². The maximum absolute atomic E-state index is 11.3. The number of hydrogen-bond donors (Lipinski definition) is 1. The molecule has 2 N–H and O–H groups in total. The zero-order valence-electron chi connectivity index (χ0n) is 12.3. The number of nitrogens with two attached hydrogens (primary N) is 1. The van der Waals surface area contributed by atoms with Crippen LogP contribution in [0.5, 0.6) is 5.75 Å². The topological polar surface area (TPSA) is 83.0 Å². The van der Waals surface area contributed by atoms with E-state index in [1.807, 2.05) is 36.4 Å². The Balaban J connectivity index is 1.74. The summed E-state index contributed by atoms with van der Waals surface area (Å²) in [5, 5.41) is 9.36. The Kier molecular flexibility index (Phi) is 4.14. The number of hydrogen-bond acceptors (Lipinski definition) is 4. The van der Waals surface area contributed by atoms with Crippen molar-refractivity contribution in [2.75, 3.05) is 0 Å². The van der Waals surface area contributed by atoms with E-state index in [-0.39, 0.29) is 0 Å². The van der Waals surface area contributed by atoms with Gasteiger partial charge in [-0.2, -0.15) is 5.10 Å². The van der Waals surface area contributed by atoms with E-state index in [0.717, 1.165) is 16.7 Å². The van der Waals surface area contributed by atoms with Crippen molar-refractivity contribution >= 4 is 15.9 Å². The Morgan fingerprint density at radius 2 is 1.70 bits per heavy atom. The summed E-state index contributed by atoms with van der Waals surface area (Å²) >= 11 is 0. The summed E-state index contributed by atoms with van der Waals surface area (Å²) in [6.07, 6.45) is 3.20. The third-order valence-corrected chi connectivity index (χ3v) is 3.66. The lowest BCUT2D eigenvalue weighted by Crippen LogP contribution is -2.18. The van der Waals surface area contributed by atoms with Crippen molar-refractivity contribution in [1.82, 2.24) is 14.8 Å². The second-order valence-corrected chi connectivity index (χ2v) is 6.55. The lowest BCUT2D eigenvalue weighted by molar-refractivity contribution is 0.560. The van der Waals surface area contributed by atoms with Crippen LogP contribution >= 0.6 is 0 Å². The first-order valence-electron chi connectivity index (χ1n) is 6.86. The van der Waals surface area contributed by atoms with Crippen molar-refractivity contribution in [1.29, 1.82) is 0 Å². The van der Waals surface area contributed by atoms with E-state index in [1.165, 1.54) is 6.33 Å². The van der Waals surface area contributed by atoms with Crippen LogP contribution in [-0.4, -0.2) is 24.8 Å². The number of benzene rings is 2. The fourth-order valence-electron chi connectivity index (χ4n) is 2.17. The highest BCUT2D eigenvalue weighted by Crippen LogP contribution is 2.23. The third-order valence-electron chi connectivity index (χ3n) is 3.19. The van der Waals surface area contributed by atoms with Crippen molar-refractivity contribution in [3.05, 3.63) is 66.7 Å². The van der Waals surface area contributed by atoms with Gasteiger partial charge in [0, 0.05) is 5.87 Å². The van der Waals surface area contributed by atoms with Gasteiger partial charge in [-0.05, 0) is 28.8 Å². The molecule has 1 unspecified atom stereocenters. The zero-order valence-corrected chi connectivity index (χ0v) is 13.1. The molecule has 0 saturated heterocycles. The molecule has 0 radical (unpaired) electrons. The Labute approximate surface area is 134 Å². The molecule has 0 saturated carbocycles. The maximum Gasteiger partial charge on any atom is 0.180 e. The fourth-order valence-corrected chi connectivity index (χ4v) is 2.61. The van der Waals surface area contributed by atoms with Crippen molar-refractivity contribution in [3.8, 4) is 16.9 Å². The first kappa shape index (κ1) is 15.3. The maximum atomic E-state index is 11.3. The summed E-state index contributed by atoms with van der Waals surface area (Å²) in [4.78, 5) is 3.92. The predicted octanol–water partition coefficient (Wildman–Crippen LogP) is 1.88. The van der Waals surface area contributed by atoms with Gasteiger partial charge in [0.2, 0.25) is 0 Å². The van der Waals surface area contributed by atoms with Crippen molar-refractivity contribution in [2.45, 2.75) is 6.54 Å². The van der Waals surface area contributed by atoms with Crippen LogP contribution < -0.4 is 9.32 Å². The summed E-state index contributed by atoms with van der Waals surface area (Å²) < 4.78 is 18.1. The van der Waals surface area contributed by atoms with Crippen LogP contribution in [0.3, 0.4) is 0 Å². The predicted molar refractivity (Wildman–Crippen MR) is 91.1 cm³/mol. The summed E-state index contributed by atoms with van der Waals surface area (Å²) in [6, 6.07) is 15.4. The normalized spacial score (nSPS) is 13.4. The molecule has 6 nitrogen and oxygen atoms in total. The summed E-state index contributed by atoms with van der Waals surface area (Å²) in [7, 11) is -3.00. The smallest absolute Gasteiger partial charge is 0.180 e. The Bertz CT molecular complexity index is 871. The molecular weight excluding hydrogens is 312 g/mol. The number of nitrogens with zero attached hydrogens (tertiary/aromatic N) is 3. The highest BCUT2D eigenvalue weighted by Gasteiger charge is 2.02. The zero-order chi connectivity index (χ0) is 16.3. The molecule has 3 aromatic rings. The van der Waals surface area contributed by atoms with Gasteiger partial charge in [0.05, 0.1) is 6.54 Å². The molecular formula is C16H16N4O2S. The van der Waals surface area contributed by atoms with E-state index >= 15 is 0 Å². The van der Waals surface area contributed by atoms with Crippen molar-refractivity contribution < 1.29 is 8.39 Å². The minimum atomic E-state index is -3.00. The molecule has 7 heteroatoms. The molecule has 0 spiro atoms. The largest absolute Gasteiger partial charge is 0.398 e. The minimum absolute atomic E-state index is 0.430.